The average Bonchev–Trinajstić information content (AvgIpc) is 2.96. The monoisotopic (exact) mass is 293 g/mol. The van der Waals surface area contributed by atoms with Crippen molar-refractivity contribution >= 4 is 11.6 Å². The number of rotatable bonds is 5. The molecule has 6 heteroatoms. The van der Waals surface area contributed by atoms with E-state index >= 15 is 0 Å². The van der Waals surface area contributed by atoms with Gasteiger partial charge in [-0.05, 0) is 19.8 Å². The second-order valence-corrected chi connectivity index (χ2v) is 6.50. The molecule has 1 aromatic heterocycles. The van der Waals surface area contributed by atoms with E-state index in [2.05, 4.69) is 43.0 Å². The van der Waals surface area contributed by atoms with Crippen LogP contribution >= 0.6 is 0 Å². The highest BCUT2D eigenvalue weighted by atomic mass is 16.5. The summed E-state index contributed by atoms with van der Waals surface area (Å²) in [6.07, 6.45) is 2.57. The van der Waals surface area contributed by atoms with Crippen LogP contribution in [-0.2, 0) is 10.2 Å². The summed E-state index contributed by atoms with van der Waals surface area (Å²) in [5.41, 5.74) is 2.52. The van der Waals surface area contributed by atoms with Gasteiger partial charge in [0.25, 0.3) is 0 Å². The van der Waals surface area contributed by atoms with E-state index in [0.717, 1.165) is 44.2 Å². The third-order valence-corrected chi connectivity index (χ3v) is 3.69. The van der Waals surface area contributed by atoms with Crippen molar-refractivity contribution in [3.05, 3.63) is 11.9 Å². The van der Waals surface area contributed by atoms with Crippen LogP contribution in [0.2, 0.25) is 0 Å². The van der Waals surface area contributed by atoms with E-state index < -0.39 is 0 Å². The molecule has 3 N–H and O–H groups in total. The minimum absolute atomic E-state index is 0.120. The summed E-state index contributed by atoms with van der Waals surface area (Å²) in [6, 6.07) is 1.90. The number of nitrogens with two attached hydrogens (primary N) is 1. The highest BCUT2D eigenvalue weighted by Crippen LogP contribution is 2.25. The molecule has 0 saturated carbocycles. The molecule has 2 heterocycles. The molecule has 1 aliphatic heterocycles. The molecule has 0 amide bonds. The first-order chi connectivity index (χ1) is 9.94. The van der Waals surface area contributed by atoms with E-state index in [4.69, 9.17) is 15.6 Å². The van der Waals surface area contributed by atoms with Gasteiger partial charge in [0.15, 0.2) is 0 Å². The van der Waals surface area contributed by atoms with Crippen molar-refractivity contribution in [1.29, 1.82) is 0 Å². The molecule has 0 bridgehead atoms. The minimum Gasteiger partial charge on any atom is -0.376 e. The van der Waals surface area contributed by atoms with Gasteiger partial charge in [-0.15, -0.1) is 0 Å². The average molecular weight is 293 g/mol. The number of nitrogens with zero attached hydrogens (tertiary/aromatic N) is 3. The van der Waals surface area contributed by atoms with Crippen LogP contribution < -0.4 is 16.2 Å². The number of nitrogens with one attached hydrogen (secondary N) is 1. The van der Waals surface area contributed by atoms with Gasteiger partial charge in [0.05, 0.1) is 6.10 Å². The van der Waals surface area contributed by atoms with Crippen LogP contribution in [0.3, 0.4) is 0 Å². The van der Waals surface area contributed by atoms with Gasteiger partial charge in [-0.2, -0.15) is 0 Å². The largest absolute Gasteiger partial charge is 0.376 e. The molecule has 118 valence electrons. The predicted molar refractivity (Wildman–Crippen MR) is 85.4 cm³/mol. The van der Waals surface area contributed by atoms with Gasteiger partial charge in [-0.25, -0.2) is 15.8 Å². The number of aromatic nitrogens is 2. The number of hydrogen-bond donors (Lipinski definition) is 2. The number of hydrazine groups is 1. The SMILES string of the molecule is CCN(CC1CCCO1)c1cc(NN)nc(C(C)(C)C)n1. The van der Waals surface area contributed by atoms with Crippen molar-refractivity contribution in [1.82, 2.24) is 9.97 Å². The van der Waals surface area contributed by atoms with Crippen LogP contribution in [0.4, 0.5) is 11.6 Å². The molecular weight excluding hydrogens is 266 g/mol. The Hall–Kier alpha value is -1.40. The Balaban J connectivity index is 2.26. The first kappa shape index (κ1) is 16.0. The molecule has 2 rings (SSSR count). The Morgan fingerprint density at radius 1 is 1.43 bits per heavy atom. The zero-order valence-electron chi connectivity index (χ0n) is 13.5. The zero-order valence-corrected chi connectivity index (χ0v) is 13.5. The highest BCUT2D eigenvalue weighted by Gasteiger charge is 2.23. The van der Waals surface area contributed by atoms with Crippen molar-refractivity contribution in [3.8, 4) is 0 Å². The number of nitrogen functional groups attached to an aromatic ring is 1. The standard InChI is InChI=1S/C15H27N5O/c1-5-20(10-11-7-6-8-21-11)13-9-12(19-16)17-14(18-13)15(2,3)4/h9,11H,5-8,10,16H2,1-4H3,(H,17,18,19). The lowest BCUT2D eigenvalue weighted by atomic mass is 9.96. The van der Waals surface area contributed by atoms with Crippen LogP contribution in [0.15, 0.2) is 6.07 Å². The van der Waals surface area contributed by atoms with E-state index in [1.807, 2.05) is 6.07 Å². The number of hydrogen-bond acceptors (Lipinski definition) is 6. The maximum Gasteiger partial charge on any atom is 0.145 e. The van der Waals surface area contributed by atoms with Gasteiger partial charge in [-0.1, -0.05) is 20.8 Å². The summed E-state index contributed by atoms with van der Waals surface area (Å²) >= 11 is 0. The van der Waals surface area contributed by atoms with Crippen molar-refractivity contribution < 1.29 is 4.74 Å². The number of anilines is 2. The van der Waals surface area contributed by atoms with Crippen molar-refractivity contribution in [2.24, 2.45) is 5.84 Å². The lowest BCUT2D eigenvalue weighted by Crippen LogP contribution is -2.33. The number of ether oxygens (including phenoxy) is 1. The lowest BCUT2D eigenvalue weighted by Gasteiger charge is -2.27. The van der Waals surface area contributed by atoms with Gasteiger partial charge in [0.2, 0.25) is 0 Å². The summed E-state index contributed by atoms with van der Waals surface area (Å²) in [5, 5.41) is 0. The van der Waals surface area contributed by atoms with Crippen LogP contribution in [0, 0.1) is 0 Å². The Bertz CT molecular complexity index is 466. The van der Waals surface area contributed by atoms with Crippen molar-refractivity contribution in [3.63, 3.8) is 0 Å². The second kappa shape index (κ2) is 6.58. The quantitative estimate of drug-likeness (QED) is 0.639. The van der Waals surface area contributed by atoms with Gasteiger partial charge < -0.3 is 15.1 Å². The Kier molecular flexibility index (Phi) is 5.00. The molecule has 1 unspecified atom stereocenters. The highest BCUT2D eigenvalue weighted by molar-refractivity contribution is 5.49. The first-order valence-corrected chi connectivity index (χ1v) is 7.66. The van der Waals surface area contributed by atoms with Gasteiger partial charge in [0.1, 0.15) is 17.5 Å². The summed E-state index contributed by atoms with van der Waals surface area (Å²) in [6.45, 7) is 11.0. The molecule has 1 aliphatic rings. The molecule has 1 fully saturated rings. The molecule has 0 spiro atoms. The fourth-order valence-electron chi connectivity index (χ4n) is 2.42. The molecule has 1 aromatic rings. The third kappa shape index (κ3) is 4.04. The van der Waals surface area contributed by atoms with Gasteiger partial charge in [0, 0.05) is 31.2 Å². The third-order valence-electron chi connectivity index (χ3n) is 3.69. The molecule has 21 heavy (non-hydrogen) atoms. The fraction of sp³-hybridized carbons (Fsp3) is 0.733. The summed E-state index contributed by atoms with van der Waals surface area (Å²) in [7, 11) is 0. The Labute approximate surface area is 127 Å². The predicted octanol–water partition coefficient (Wildman–Crippen LogP) is 2.06. The summed E-state index contributed by atoms with van der Waals surface area (Å²) in [5.74, 6) is 7.90. The van der Waals surface area contributed by atoms with Crippen LogP contribution in [0.5, 0.6) is 0 Å². The van der Waals surface area contributed by atoms with E-state index in [-0.39, 0.29) is 5.41 Å². The van der Waals surface area contributed by atoms with Crippen molar-refractivity contribution in [2.45, 2.75) is 52.1 Å². The minimum atomic E-state index is -0.120. The van der Waals surface area contributed by atoms with Gasteiger partial charge in [-0.3, -0.25) is 0 Å². The van der Waals surface area contributed by atoms with E-state index in [1.54, 1.807) is 0 Å². The van der Waals surface area contributed by atoms with E-state index in [1.165, 1.54) is 0 Å². The van der Waals surface area contributed by atoms with Crippen molar-refractivity contribution in [2.75, 3.05) is 30.0 Å². The Morgan fingerprint density at radius 2 is 2.19 bits per heavy atom. The van der Waals surface area contributed by atoms with E-state index in [9.17, 15) is 0 Å². The summed E-state index contributed by atoms with van der Waals surface area (Å²) < 4.78 is 5.74. The molecule has 0 aromatic carbocycles. The molecule has 0 radical (unpaired) electrons. The Morgan fingerprint density at radius 3 is 2.71 bits per heavy atom. The van der Waals surface area contributed by atoms with Gasteiger partial charge >= 0.3 is 0 Å². The smallest absolute Gasteiger partial charge is 0.145 e. The molecule has 0 aliphatic carbocycles. The van der Waals surface area contributed by atoms with Crippen LogP contribution in [0.1, 0.15) is 46.4 Å². The fourth-order valence-corrected chi connectivity index (χ4v) is 2.42. The maximum atomic E-state index is 5.74. The molecular formula is C15H27N5O. The van der Waals surface area contributed by atoms with Crippen LogP contribution in [0.25, 0.3) is 0 Å². The maximum absolute atomic E-state index is 5.74. The van der Waals surface area contributed by atoms with E-state index in [0.29, 0.717) is 11.9 Å². The topological polar surface area (TPSA) is 76.3 Å². The lowest BCUT2D eigenvalue weighted by molar-refractivity contribution is 0.115. The summed E-state index contributed by atoms with van der Waals surface area (Å²) in [4.78, 5) is 11.4. The molecule has 1 saturated heterocycles. The molecule has 6 nitrogen and oxygen atoms in total. The zero-order chi connectivity index (χ0) is 15.5. The van der Waals surface area contributed by atoms with Crippen LogP contribution in [-0.4, -0.2) is 35.8 Å². The normalized spacial score (nSPS) is 18.8. The second-order valence-electron chi connectivity index (χ2n) is 6.50. The molecule has 1 atom stereocenters. The first-order valence-electron chi connectivity index (χ1n) is 7.66. The number of likely N-dealkylation sites (N-methyl/N-ethyl adjacent to an activating group) is 1.